The standard InChI is InChI=1S/C13H13N3O3S/c1-16-10-13(9-14-16)20(18,19)15-12-6-2-4-11(8-12)5-3-7-17/h2,4,6,8-10,15,17H,7H2,1H3. The summed E-state index contributed by atoms with van der Waals surface area (Å²) in [6, 6.07) is 6.63. The number of nitrogens with zero attached hydrogens (tertiary/aromatic N) is 2. The van der Waals surface area contributed by atoms with E-state index in [1.807, 2.05) is 0 Å². The molecule has 0 radical (unpaired) electrons. The number of rotatable bonds is 3. The number of aliphatic hydroxyl groups excluding tert-OH is 1. The van der Waals surface area contributed by atoms with Crippen LogP contribution in [-0.2, 0) is 17.1 Å². The Kier molecular flexibility index (Phi) is 4.08. The fourth-order valence-corrected chi connectivity index (χ4v) is 2.59. The lowest BCUT2D eigenvalue weighted by Crippen LogP contribution is -2.12. The maximum atomic E-state index is 12.1. The van der Waals surface area contributed by atoms with Crippen molar-refractivity contribution in [2.75, 3.05) is 11.3 Å². The Bertz CT molecular complexity index is 769. The molecule has 7 heteroatoms. The smallest absolute Gasteiger partial charge is 0.265 e. The summed E-state index contributed by atoms with van der Waals surface area (Å²) in [6.45, 7) is -0.244. The quantitative estimate of drug-likeness (QED) is 0.810. The zero-order valence-electron chi connectivity index (χ0n) is 10.7. The van der Waals surface area contributed by atoms with Crippen LogP contribution in [0.2, 0.25) is 0 Å². The number of anilines is 1. The molecular weight excluding hydrogens is 278 g/mol. The number of hydrogen-bond donors (Lipinski definition) is 2. The molecule has 2 rings (SSSR count). The first-order chi connectivity index (χ1) is 9.51. The van der Waals surface area contributed by atoms with Crippen LogP contribution >= 0.6 is 0 Å². The van der Waals surface area contributed by atoms with Crippen molar-refractivity contribution < 1.29 is 13.5 Å². The lowest BCUT2D eigenvalue weighted by molar-refractivity contribution is 0.350. The maximum absolute atomic E-state index is 12.1. The Morgan fingerprint density at radius 2 is 2.25 bits per heavy atom. The van der Waals surface area contributed by atoms with Gasteiger partial charge in [-0.15, -0.1) is 0 Å². The molecule has 0 aliphatic heterocycles. The molecule has 2 aromatic rings. The normalized spacial score (nSPS) is 10.7. The molecule has 0 unspecified atom stereocenters. The molecule has 0 saturated heterocycles. The van der Waals surface area contributed by atoms with Crippen molar-refractivity contribution in [2.45, 2.75) is 4.90 Å². The average Bonchev–Trinajstić information content (AvgIpc) is 2.84. The molecule has 0 fully saturated rings. The van der Waals surface area contributed by atoms with Gasteiger partial charge in [0.2, 0.25) is 0 Å². The van der Waals surface area contributed by atoms with Gasteiger partial charge in [-0.25, -0.2) is 8.42 Å². The van der Waals surface area contributed by atoms with Gasteiger partial charge in [0, 0.05) is 18.8 Å². The molecule has 1 aromatic heterocycles. The molecule has 0 aliphatic rings. The second-order valence-corrected chi connectivity index (χ2v) is 5.68. The number of benzene rings is 1. The van der Waals surface area contributed by atoms with E-state index in [1.165, 1.54) is 17.1 Å². The number of sulfonamides is 1. The van der Waals surface area contributed by atoms with Crippen molar-refractivity contribution >= 4 is 15.7 Å². The monoisotopic (exact) mass is 291 g/mol. The minimum atomic E-state index is -3.66. The minimum Gasteiger partial charge on any atom is -0.384 e. The van der Waals surface area contributed by atoms with E-state index in [4.69, 9.17) is 5.11 Å². The van der Waals surface area contributed by atoms with Crippen LogP contribution in [0.25, 0.3) is 0 Å². The van der Waals surface area contributed by atoms with Crippen molar-refractivity contribution in [3.05, 3.63) is 42.2 Å². The molecular formula is C13H13N3O3S. The first-order valence-corrected chi connectivity index (χ1v) is 7.21. The molecule has 0 bridgehead atoms. The van der Waals surface area contributed by atoms with Gasteiger partial charge in [-0.2, -0.15) is 5.10 Å². The third-order valence-electron chi connectivity index (χ3n) is 2.42. The lowest BCUT2D eigenvalue weighted by atomic mass is 10.2. The minimum absolute atomic E-state index is 0.0897. The van der Waals surface area contributed by atoms with Crippen LogP contribution in [0, 0.1) is 11.8 Å². The van der Waals surface area contributed by atoms with Gasteiger partial charge in [-0.1, -0.05) is 17.9 Å². The summed E-state index contributed by atoms with van der Waals surface area (Å²) in [5.74, 6) is 5.22. The van der Waals surface area contributed by atoms with E-state index in [2.05, 4.69) is 21.7 Å². The highest BCUT2D eigenvalue weighted by Gasteiger charge is 2.16. The summed E-state index contributed by atoms with van der Waals surface area (Å²) in [6.07, 6.45) is 2.69. The maximum Gasteiger partial charge on any atom is 0.265 e. The molecule has 2 N–H and O–H groups in total. The number of hydrogen-bond acceptors (Lipinski definition) is 4. The first-order valence-electron chi connectivity index (χ1n) is 5.72. The highest BCUT2D eigenvalue weighted by atomic mass is 32.2. The van der Waals surface area contributed by atoms with Gasteiger partial charge >= 0.3 is 0 Å². The van der Waals surface area contributed by atoms with E-state index in [0.29, 0.717) is 11.3 Å². The van der Waals surface area contributed by atoms with Crippen LogP contribution in [0.15, 0.2) is 41.6 Å². The van der Waals surface area contributed by atoms with Crippen molar-refractivity contribution in [2.24, 2.45) is 7.05 Å². The largest absolute Gasteiger partial charge is 0.384 e. The zero-order valence-corrected chi connectivity index (χ0v) is 11.6. The number of aryl methyl sites for hydroxylation is 1. The van der Waals surface area contributed by atoms with E-state index in [9.17, 15) is 8.42 Å². The fourth-order valence-electron chi connectivity index (χ4n) is 1.55. The highest BCUT2D eigenvalue weighted by molar-refractivity contribution is 7.92. The van der Waals surface area contributed by atoms with Crippen molar-refractivity contribution in [1.29, 1.82) is 0 Å². The van der Waals surface area contributed by atoms with Crippen LogP contribution in [0.5, 0.6) is 0 Å². The van der Waals surface area contributed by atoms with Gasteiger partial charge in [-0.05, 0) is 18.2 Å². The molecule has 0 atom stereocenters. The third-order valence-corrected chi connectivity index (χ3v) is 3.75. The van der Waals surface area contributed by atoms with Gasteiger partial charge < -0.3 is 5.11 Å². The van der Waals surface area contributed by atoms with Crippen LogP contribution in [0.4, 0.5) is 5.69 Å². The summed E-state index contributed by atoms with van der Waals surface area (Å²) in [5.41, 5.74) is 1.02. The Balaban J connectivity index is 2.25. The van der Waals surface area contributed by atoms with Crippen LogP contribution in [-0.4, -0.2) is 29.9 Å². The van der Waals surface area contributed by atoms with Gasteiger partial charge in [-0.3, -0.25) is 9.40 Å². The van der Waals surface area contributed by atoms with Crippen molar-refractivity contribution in [3.8, 4) is 11.8 Å². The van der Waals surface area contributed by atoms with Crippen LogP contribution < -0.4 is 4.72 Å². The molecule has 104 valence electrons. The Morgan fingerprint density at radius 3 is 2.90 bits per heavy atom. The van der Waals surface area contributed by atoms with E-state index in [1.54, 1.807) is 31.3 Å². The van der Waals surface area contributed by atoms with Crippen LogP contribution in [0.1, 0.15) is 5.56 Å². The van der Waals surface area contributed by atoms with Gasteiger partial charge in [0.1, 0.15) is 11.5 Å². The number of nitrogens with one attached hydrogen (secondary N) is 1. The van der Waals surface area contributed by atoms with E-state index >= 15 is 0 Å². The average molecular weight is 291 g/mol. The third kappa shape index (κ3) is 3.38. The predicted octanol–water partition coefficient (Wildman–Crippen LogP) is 0.565. The molecule has 1 aromatic carbocycles. The second kappa shape index (κ2) is 5.77. The van der Waals surface area contributed by atoms with E-state index < -0.39 is 10.0 Å². The zero-order chi connectivity index (χ0) is 14.6. The summed E-state index contributed by atoms with van der Waals surface area (Å²) in [4.78, 5) is 0.0897. The predicted molar refractivity (Wildman–Crippen MR) is 74.4 cm³/mol. The molecule has 0 amide bonds. The molecule has 6 nitrogen and oxygen atoms in total. The van der Waals surface area contributed by atoms with Gasteiger partial charge in [0.05, 0.1) is 11.9 Å². The number of aromatic nitrogens is 2. The summed E-state index contributed by atoms with van der Waals surface area (Å²) in [5, 5.41) is 12.5. The molecule has 0 spiro atoms. The highest BCUT2D eigenvalue weighted by Crippen LogP contribution is 2.16. The number of aliphatic hydroxyl groups is 1. The first kappa shape index (κ1) is 14.1. The van der Waals surface area contributed by atoms with Gasteiger partial charge in [0.25, 0.3) is 10.0 Å². The molecule has 0 aliphatic carbocycles. The van der Waals surface area contributed by atoms with E-state index in [-0.39, 0.29) is 11.5 Å². The lowest BCUT2D eigenvalue weighted by Gasteiger charge is -2.06. The SMILES string of the molecule is Cn1cc(S(=O)(=O)Nc2cccc(C#CCO)c2)cn1. The van der Waals surface area contributed by atoms with Crippen molar-refractivity contribution in [1.82, 2.24) is 9.78 Å². The van der Waals surface area contributed by atoms with E-state index in [0.717, 1.165) is 0 Å². The fraction of sp³-hybridized carbons (Fsp3) is 0.154. The Hall–Kier alpha value is -2.30. The molecule has 1 heterocycles. The van der Waals surface area contributed by atoms with Gasteiger partial charge in [0.15, 0.2) is 0 Å². The molecule has 0 saturated carbocycles. The summed E-state index contributed by atoms with van der Waals surface area (Å²) in [7, 11) is -2.02. The Labute approximate surface area is 117 Å². The summed E-state index contributed by atoms with van der Waals surface area (Å²) < 4.78 is 28.1. The molecule has 20 heavy (non-hydrogen) atoms. The van der Waals surface area contributed by atoms with Crippen LogP contribution in [0.3, 0.4) is 0 Å². The second-order valence-electron chi connectivity index (χ2n) is 4.00. The summed E-state index contributed by atoms with van der Waals surface area (Å²) >= 11 is 0. The topological polar surface area (TPSA) is 84.2 Å². The van der Waals surface area contributed by atoms with Crippen molar-refractivity contribution in [3.63, 3.8) is 0 Å². The Morgan fingerprint density at radius 1 is 1.45 bits per heavy atom.